The van der Waals surface area contributed by atoms with Crippen molar-refractivity contribution in [1.29, 1.82) is 0 Å². The number of amides is 1. The Morgan fingerprint density at radius 1 is 1.42 bits per heavy atom. The van der Waals surface area contributed by atoms with Gasteiger partial charge in [-0.1, -0.05) is 31.0 Å². The lowest BCUT2D eigenvalue weighted by Crippen LogP contribution is -2.30. The summed E-state index contributed by atoms with van der Waals surface area (Å²) in [4.78, 5) is 13.5. The molecule has 0 bridgehead atoms. The molecule has 1 amide bonds. The minimum absolute atomic E-state index is 0.0646. The number of carbonyl (C=O) groups excluding carboxylic acids is 1. The predicted octanol–water partition coefficient (Wildman–Crippen LogP) is 1.86. The molecule has 1 aromatic rings. The van der Waals surface area contributed by atoms with E-state index in [1.165, 1.54) is 23.1 Å². The fraction of sp³-hybridized carbons (Fsp3) is 0.417. The van der Waals surface area contributed by atoms with Gasteiger partial charge in [-0.05, 0) is 18.6 Å². The number of rotatable bonds is 5. The molecule has 0 heterocycles. The van der Waals surface area contributed by atoms with Gasteiger partial charge in [0.15, 0.2) is 0 Å². The molecule has 0 radical (unpaired) electrons. The lowest BCUT2D eigenvalue weighted by atomic mass is 10.2. The summed E-state index contributed by atoms with van der Waals surface area (Å²) in [6.07, 6.45) is 1.76. The second kappa shape index (κ2) is 6.36. The highest BCUT2D eigenvalue weighted by Crippen LogP contribution is 2.24. The highest BCUT2D eigenvalue weighted by Gasteiger charge is 2.24. The summed E-state index contributed by atoms with van der Waals surface area (Å²) >= 11 is 5.94. The smallest absolute Gasteiger partial charge is 0.256 e. The summed E-state index contributed by atoms with van der Waals surface area (Å²) in [5, 5.41) is 5.19. The standard InChI is InChI=1S/C12H17ClN2O3S/c1-3-4-8-15(2)12(16)11-9(13)6-5-7-10(11)19(14,17)18/h5-7H,3-4,8H2,1-2H3,(H2,14,17,18). The van der Waals surface area contributed by atoms with E-state index in [0.29, 0.717) is 6.54 Å². The van der Waals surface area contributed by atoms with Crippen LogP contribution >= 0.6 is 11.6 Å². The van der Waals surface area contributed by atoms with E-state index in [1.54, 1.807) is 7.05 Å². The van der Waals surface area contributed by atoms with Gasteiger partial charge in [-0.15, -0.1) is 0 Å². The Hall–Kier alpha value is -1.11. The molecule has 0 saturated carbocycles. The average Bonchev–Trinajstić information content (AvgIpc) is 2.33. The van der Waals surface area contributed by atoms with Gasteiger partial charge < -0.3 is 4.90 Å². The fourth-order valence-electron chi connectivity index (χ4n) is 1.64. The van der Waals surface area contributed by atoms with Gasteiger partial charge in [0.25, 0.3) is 5.91 Å². The van der Waals surface area contributed by atoms with Crippen LogP contribution in [0.1, 0.15) is 30.1 Å². The molecule has 1 rings (SSSR count). The normalized spacial score (nSPS) is 11.4. The third kappa shape index (κ3) is 3.92. The largest absolute Gasteiger partial charge is 0.342 e. The number of halogens is 1. The molecule has 0 spiro atoms. The Bertz CT molecular complexity index is 572. The van der Waals surface area contributed by atoms with Crippen molar-refractivity contribution in [3.8, 4) is 0 Å². The van der Waals surface area contributed by atoms with Crippen molar-refractivity contribution >= 4 is 27.5 Å². The van der Waals surface area contributed by atoms with E-state index in [-0.39, 0.29) is 15.5 Å². The molecule has 0 aliphatic carbocycles. The third-order valence-corrected chi connectivity index (χ3v) is 3.96. The Kier molecular flexibility index (Phi) is 5.34. The van der Waals surface area contributed by atoms with Gasteiger partial charge in [-0.25, -0.2) is 13.6 Å². The highest BCUT2D eigenvalue weighted by molar-refractivity contribution is 7.89. The number of sulfonamides is 1. The molecule has 19 heavy (non-hydrogen) atoms. The van der Waals surface area contributed by atoms with Gasteiger partial charge in [0.05, 0.1) is 15.5 Å². The maximum absolute atomic E-state index is 12.3. The van der Waals surface area contributed by atoms with Gasteiger partial charge in [-0.2, -0.15) is 0 Å². The first-order valence-electron chi connectivity index (χ1n) is 5.85. The van der Waals surface area contributed by atoms with Crippen molar-refractivity contribution in [3.63, 3.8) is 0 Å². The van der Waals surface area contributed by atoms with Gasteiger partial charge in [0, 0.05) is 13.6 Å². The van der Waals surface area contributed by atoms with Crippen LogP contribution in [0.4, 0.5) is 0 Å². The second-order valence-corrected chi connectivity index (χ2v) is 6.18. The van der Waals surface area contributed by atoms with E-state index >= 15 is 0 Å². The van der Waals surface area contributed by atoms with Crippen LogP contribution < -0.4 is 5.14 Å². The van der Waals surface area contributed by atoms with Crippen LogP contribution in [-0.2, 0) is 10.0 Å². The first-order valence-corrected chi connectivity index (χ1v) is 7.78. The van der Waals surface area contributed by atoms with E-state index in [2.05, 4.69) is 0 Å². The maximum Gasteiger partial charge on any atom is 0.256 e. The van der Waals surface area contributed by atoms with Crippen molar-refractivity contribution in [1.82, 2.24) is 4.90 Å². The molecule has 2 N–H and O–H groups in total. The van der Waals surface area contributed by atoms with Crippen LogP contribution in [0.15, 0.2) is 23.1 Å². The minimum Gasteiger partial charge on any atom is -0.342 e. The Morgan fingerprint density at radius 3 is 2.58 bits per heavy atom. The zero-order valence-corrected chi connectivity index (χ0v) is 12.5. The molecule has 1 aromatic carbocycles. The van der Waals surface area contributed by atoms with Crippen molar-refractivity contribution < 1.29 is 13.2 Å². The van der Waals surface area contributed by atoms with E-state index in [0.717, 1.165) is 12.8 Å². The van der Waals surface area contributed by atoms with Crippen molar-refractivity contribution in [2.24, 2.45) is 5.14 Å². The summed E-state index contributed by atoms with van der Waals surface area (Å²) in [6.45, 7) is 2.54. The number of nitrogens with zero attached hydrogens (tertiary/aromatic N) is 1. The molecule has 0 fully saturated rings. The molecule has 0 aliphatic rings. The van der Waals surface area contributed by atoms with Crippen molar-refractivity contribution in [2.75, 3.05) is 13.6 Å². The first-order chi connectivity index (χ1) is 8.79. The van der Waals surface area contributed by atoms with Crippen molar-refractivity contribution in [2.45, 2.75) is 24.7 Å². The molecule has 0 aromatic heterocycles. The zero-order valence-electron chi connectivity index (χ0n) is 10.9. The molecular weight excluding hydrogens is 288 g/mol. The molecule has 0 saturated heterocycles. The SMILES string of the molecule is CCCCN(C)C(=O)c1c(Cl)cccc1S(N)(=O)=O. The van der Waals surface area contributed by atoms with Crippen LogP contribution in [0.25, 0.3) is 0 Å². The number of nitrogens with two attached hydrogens (primary N) is 1. The van der Waals surface area contributed by atoms with Crippen LogP contribution in [0.3, 0.4) is 0 Å². The lowest BCUT2D eigenvalue weighted by Gasteiger charge is -2.19. The maximum atomic E-state index is 12.3. The second-order valence-electron chi connectivity index (χ2n) is 4.24. The molecule has 5 nitrogen and oxygen atoms in total. The number of unbranched alkanes of at least 4 members (excludes halogenated alkanes) is 1. The van der Waals surface area contributed by atoms with Gasteiger partial charge in [0.1, 0.15) is 0 Å². The molecule has 7 heteroatoms. The van der Waals surface area contributed by atoms with Crippen LogP contribution in [-0.4, -0.2) is 32.8 Å². The first kappa shape index (κ1) is 15.9. The number of carbonyl (C=O) groups is 1. The fourth-order valence-corrected chi connectivity index (χ4v) is 2.70. The van der Waals surface area contributed by atoms with E-state index in [9.17, 15) is 13.2 Å². The number of hydrogen-bond acceptors (Lipinski definition) is 3. The third-order valence-electron chi connectivity index (χ3n) is 2.69. The zero-order chi connectivity index (χ0) is 14.6. The lowest BCUT2D eigenvalue weighted by molar-refractivity contribution is 0.0789. The Balaban J connectivity index is 3.23. The number of primary sulfonamides is 1. The molecule has 0 aliphatic heterocycles. The van der Waals surface area contributed by atoms with Crippen LogP contribution in [0.2, 0.25) is 5.02 Å². The van der Waals surface area contributed by atoms with Gasteiger partial charge in [0.2, 0.25) is 10.0 Å². The van der Waals surface area contributed by atoms with Crippen molar-refractivity contribution in [3.05, 3.63) is 28.8 Å². The summed E-state index contributed by atoms with van der Waals surface area (Å²) in [7, 11) is -2.38. The minimum atomic E-state index is -3.99. The Labute approximate surface area is 118 Å². The van der Waals surface area contributed by atoms with E-state index in [1.807, 2.05) is 6.92 Å². The summed E-state index contributed by atoms with van der Waals surface area (Å²) in [5.41, 5.74) is -0.0646. The topological polar surface area (TPSA) is 80.5 Å². The Morgan fingerprint density at radius 2 is 2.05 bits per heavy atom. The summed E-state index contributed by atoms with van der Waals surface area (Å²) in [6, 6.07) is 4.20. The average molecular weight is 305 g/mol. The van der Waals surface area contributed by atoms with Crippen LogP contribution in [0.5, 0.6) is 0 Å². The van der Waals surface area contributed by atoms with Gasteiger partial charge >= 0.3 is 0 Å². The molecule has 0 unspecified atom stereocenters. The monoisotopic (exact) mass is 304 g/mol. The van der Waals surface area contributed by atoms with Gasteiger partial charge in [-0.3, -0.25) is 4.79 Å². The summed E-state index contributed by atoms with van der Waals surface area (Å²) < 4.78 is 23.0. The highest BCUT2D eigenvalue weighted by atomic mass is 35.5. The number of benzene rings is 1. The predicted molar refractivity (Wildman–Crippen MR) is 74.7 cm³/mol. The number of hydrogen-bond donors (Lipinski definition) is 1. The molecule has 0 atom stereocenters. The molecule has 106 valence electrons. The van der Waals surface area contributed by atoms with Crippen LogP contribution in [0, 0.1) is 0 Å². The molecular formula is C12H17ClN2O3S. The quantitative estimate of drug-likeness (QED) is 0.901. The van der Waals surface area contributed by atoms with E-state index < -0.39 is 15.9 Å². The van der Waals surface area contributed by atoms with E-state index in [4.69, 9.17) is 16.7 Å². The summed E-state index contributed by atoms with van der Waals surface area (Å²) in [5.74, 6) is -0.442.